The lowest BCUT2D eigenvalue weighted by atomic mass is 10.0. The van der Waals surface area contributed by atoms with Gasteiger partial charge in [-0.1, -0.05) is 0 Å². The lowest BCUT2D eigenvalue weighted by Crippen LogP contribution is -2.02. The monoisotopic (exact) mass is 296 g/mol. The molecule has 5 heteroatoms. The van der Waals surface area contributed by atoms with E-state index < -0.39 is 5.38 Å². The van der Waals surface area contributed by atoms with Gasteiger partial charge in [-0.05, 0) is 13.0 Å². The van der Waals surface area contributed by atoms with E-state index in [0.29, 0.717) is 17.2 Å². The number of methoxy groups -OCH3 is 3. The molecule has 0 bridgehead atoms. The van der Waals surface area contributed by atoms with Crippen molar-refractivity contribution in [3.05, 3.63) is 41.3 Å². The van der Waals surface area contributed by atoms with Gasteiger partial charge in [0.05, 0.1) is 38.5 Å². The van der Waals surface area contributed by atoms with Crippen molar-refractivity contribution in [1.82, 2.24) is 0 Å². The highest BCUT2D eigenvalue weighted by atomic mass is 35.5. The Morgan fingerprint density at radius 3 is 2.05 bits per heavy atom. The summed E-state index contributed by atoms with van der Waals surface area (Å²) in [4.78, 5) is 0. The number of aryl methyl sites for hydroxylation is 1. The Morgan fingerprint density at radius 1 is 1.05 bits per heavy atom. The number of hydrogen-bond donors (Lipinski definition) is 0. The van der Waals surface area contributed by atoms with Crippen molar-refractivity contribution in [2.75, 3.05) is 21.3 Å². The van der Waals surface area contributed by atoms with Crippen molar-refractivity contribution in [3.8, 4) is 17.2 Å². The summed E-state index contributed by atoms with van der Waals surface area (Å²) in [6.45, 7) is 1.87. The molecule has 1 aromatic carbocycles. The first-order chi connectivity index (χ1) is 9.62. The van der Waals surface area contributed by atoms with E-state index in [1.54, 1.807) is 39.7 Å². The smallest absolute Gasteiger partial charge is 0.131 e. The van der Waals surface area contributed by atoms with Crippen LogP contribution < -0.4 is 14.2 Å². The van der Waals surface area contributed by atoms with E-state index in [2.05, 4.69) is 0 Å². The van der Waals surface area contributed by atoms with E-state index in [4.69, 9.17) is 30.2 Å². The van der Waals surface area contributed by atoms with Crippen molar-refractivity contribution in [1.29, 1.82) is 0 Å². The molecule has 0 aliphatic heterocycles. The Morgan fingerprint density at radius 2 is 1.65 bits per heavy atom. The van der Waals surface area contributed by atoms with Crippen LogP contribution in [0.3, 0.4) is 0 Å². The summed E-state index contributed by atoms with van der Waals surface area (Å²) >= 11 is 6.58. The Hall–Kier alpha value is -1.81. The first-order valence-corrected chi connectivity index (χ1v) is 6.54. The maximum absolute atomic E-state index is 6.58. The predicted molar refractivity (Wildman–Crippen MR) is 77.2 cm³/mol. The molecule has 0 saturated heterocycles. The number of rotatable bonds is 5. The zero-order chi connectivity index (χ0) is 14.7. The number of furan rings is 1. The van der Waals surface area contributed by atoms with Crippen LogP contribution in [0.5, 0.6) is 17.2 Å². The highest BCUT2D eigenvalue weighted by molar-refractivity contribution is 6.23. The number of alkyl halides is 1. The van der Waals surface area contributed by atoms with Gasteiger partial charge >= 0.3 is 0 Å². The van der Waals surface area contributed by atoms with Crippen LogP contribution in [0, 0.1) is 6.92 Å². The van der Waals surface area contributed by atoms with Gasteiger partial charge in [0.15, 0.2) is 0 Å². The molecule has 0 aliphatic carbocycles. The van der Waals surface area contributed by atoms with E-state index in [9.17, 15) is 0 Å². The van der Waals surface area contributed by atoms with Crippen molar-refractivity contribution < 1.29 is 18.6 Å². The maximum Gasteiger partial charge on any atom is 0.131 e. The van der Waals surface area contributed by atoms with Gasteiger partial charge < -0.3 is 18.6 Å². The molecule has 1 atom stereocenters. The molecular weight excluding hydrogens is 280 g/mol. The van der Waals surface area contributed by atoms with Crippen molar-refractivity contribution in [2.45, 2.75) is 12.3 Å². The number of halogens is 1. The molecule has 20 heavy (non-hydrogen) atoms. The summed E-state index contributed by atoms with van der Waals surface area (Å²) in [6.07, 6.45) is 1.61. The van der Waals surface area contributed by atoms with E-state index in [1.807, 2.05) is 13.0 Å². The Labute approximate surface area is 123 Å². The SMILES string of the molecule is COc1cc(OC)c(C(Cl)c2ccoc2C)c(OC)c1. The van der Waals surface area contributed by atoms with Gasteiger partial charge in [0.2, 0.25) is 0 Å². The molecule has 0 fully saturated rings. The van der Waals surface area contributed by atoms with Gasteiger partial charge in [0.1, 0.15) is 23.0 Å². The van der Waals surface area contributed by atoms with Gasteiger partial charge in [0.25, 0.3) is 0 Å². The fourth-order valence-corrected chi connectivity index (χ4v) is 2.54. The zero-order valence-electron chi connectivity index (χ0n) is 11.9. The van der Waals surface area contributed by atoms with Crippen molar-refractivity contribution in [3.63, 3.8) is 0 Å². The fourth-order valence-electron chi connectivity index (χ4n) is 2.10. The third-order valence-corrected chi connectivity index (χ3v) is 3.63. The van der Waals surface area contributed by atoms with Crippen LogP contribution in [-0.4, -0.2) is 21.3 Å². The molecule has 4 nitrogen and oxygen atoms in total. The summed E-state index contributed by atoms with van der Waals surface area (Å²) in [7, 11) is 4.76. The van der Waals surface area contributed by atoms with E-state index in [-0.39, 0.29) is 0 Å². The zero-order valence-corrected chi connectivity index (χ0v) is 12.7. The average molecular weight is 297 g/mol. The fraction of sp³-hybridized carbons (Fsp3) is 0.333. The molecular formula is C15H17ClO4. The third kappa shape index (κ3) is 2.56. The van der Waals surface area contributed by atoms with Crippen molar-refractivity contribution in [2.24, 2.45) is 0 Å². The molecule has 0 radical (unpaired) electrons. The molecule has 0 spiro atoms. The molecule has 1 aromatic heterocycles. The summed E-state index contributed by atoms with van der Waals surface area (Å²) in [5.74, 6) is 2.64. The minimum atomic E-state index is -0.426. The van der Waals surface area contributed by atoms with Gasteiger partial charge in [-0.25, -0.2) is 0 Å². The summed E-state index contributed by atoms with van der Waals surface area (Å²) in [6, 6.07) is 5.40. The Kier molecular flexibility index (Phi) is 4.45. The van der Waals surface area contributed by atoms with Gasteiger partial charge in [-0.3, -0.25) is 0 Å². The second-order valence-electron chi connectivity index (χ2n) is 4.24. The van der Waals surface area contributed by atoms with Crippen LogP contribution in [-0.2, 0) is 0 Å². The highest BCUT2D eigenvalue weighted by Crippen LogP contribution is 2.44. The molecule has 2 aromatic rings. The van der Waals surface area contributed by atoms with Gasteiger partial charge in [-0.15, -0.1) is 11.6 Å². The summed E-state index contributed by atoms with van der Waals surface area (Å²) in [5.41, 5.74) is 1.63. The Balaban J connectivity index is 2.57. The second-order valence-corrected chi connectivity index (χ2v) is 4.68. The molecule has 1 heterocycles. The quantitative estimate of drug-likeness (QED) is 0.784. The van der Waals surface area contributed by atoms with Crippen LogP contribution in [0.25, 0.3) is 0 Å². The normalized spacial score (nSPS) is 12.1. The molecule has 0 aliphatic rings. The first-order valence-electron chi connectivity index (χ1n) is 6.10. The molecule has 0 amide bonds. The number of hydrogen-bond acceptors (Lipinski definition) is 4. The lowest BCUT2D eigenvalue weighted by molar-refractivity contribution is 0.369. The topological polar surface area (TPSA) is 40.8 Å². The first kappa shape index (κ1) is 14.6. The standard InChI is InChI=1S/C15H17ClO4/c1-9-11(5-6-20-9)15(16)14-12(18-3)7-10(17-2)8-13(14)19-4/h5-8,15H,1-4H3. The van der Waals surface area contributed by atoms with Crippen molar-refractivity contribution >= 4 is 11.6 Å². The van der Waals surface area contributed by atoms with E-state index >= 15 is 0 Å². The minimum absolute atomic E-state index is 0.426. The predicted octanol–water partition coefficient (Wildman–Crippen LogP) is 3.94. The molecule has 0 saturated carbocycles. The Bertz CT molecular complexity index is 566. The molecule has 108 valence electrons. The minimum Gasteiger partial charge on any atom is -0.496 e. The van der Waals surface area contributed by atoms with Gasteiger partial charge in [0, 0.05) is 17.7 Å². The highest BCUT2D eigenvalue weighted by Gasteiger charge is 2.24. The van der Waals surface area contributed by atoms with E-state index in [0.717, 1.165) is 16.9 Å². The van der Waals surface area contributed by atoms with Crippen LogP contribution in [0.1, 0.15) is 22.3 Å². The number of benzene rings is 1. The summed E-state index contributed by atoms with van der Waals surface area (Å²) in [5, 5.41) is -0.426. The lowest BCUT2D eigenvalue weighted by Gasteiger charge is -2.18. The maximum atomic E-state index is 6.58. The molecule has 1 unspecified atom stereocenters. The largest absolute Gasteiger partial charge is 0.496 e. The third-order valence-electron chi connectivity index (χ3n) is 3.18. The van der Waals surface area contributed by atoms with Gasteiger partial charge in [-0.2, -0.15) is 0 Å². The second kappa shape index (κ2) is 6.09. The van der Waals surface area contributed by atoms with Crippen LogP contribution >= 0.6 is 11.6 Å². The van der Waals surface area contributed by atoms with E-state index in [1.165, 1.54) is 0 Å². The average Bonchev–Trinajstić information content (AvgIpc) is 2.91. The van der Waals surface area contributed by atoms with Crippen LogP contribution in [0.4, 0.5) is 0 Å². The molecule has 0 N–H and O–H groups in total. The van der Waals surface area contributed by atoms with Crippen LogP contribution in [0.15, 0.2) is 28.9 Å². The summed E-state index contributed by atoms with van der Waals surface area (Å²) < 4.78 is 21.4. The van der Waals surface area contributed by atoms with Crippen LogP contribution in [0.2, 0.25) is 0 Å². The molecule has 2 rings (SSSR count). The number of ether oxygens (including phenoxy) is 3.